The molecule has 3 aromatic rings. The second-order valence-corrected chi connectivity index (χ2v) is 6.47. The van der Waals surface area contributed by atoms with E-state index >= 15 is 0 Å². The minimum atomic E-state index is -0.459. The second kappa shape index (κ2) is 7.14. The SMILES string of the molecule is O=C(CSc1nc2ccccc2o1)OCc1ccc(Br)cc1F. The maximum absolute atomic E-state index is 13.6. The third kappa shape index (κ3) is 4.11. The third-order valence-corrected chi connectivity index (χ3v) is 4.29. The van der Waals surface area contributed by atoms with Gasteiger partial charge < -0.3 is 9.15 Å². The summed E-state index contributed by atoms with van der Waals surface area (Å²) in [5, 5.41) is 0.401. The predicted molar refractivity (Wildman–Crippen MR) is 88.6 cm³/mol. The lowest BCUT2D eigenvalue weighted by molar-refractivity contribution is -0.141. The van der Waals surface area contributed by atoms with Gasteiger partial charge in [-0.05, 0) is 24.3 Å². The topological polar surface area (TPSA) is 52.3 Å². The number of rotatable bonds is 5. The van der Waals surface area contributed by atoms with Gasteiger partial charge in [0, 0.05) is 10.0 Å². The van der Waals surface area contributed by atoms with Gasteiger partial charge >= 0.3 is 5.97 Å². The average Bonchev–Trinajstić information content (AvgIpc) is 2.95. The van der Waals surface area contributed by atoms with Crippen molar-refractivity contribution in [1.82, 2.24) is 4.98 Å². The van der Waals surface area contributed by atoms with Gasteiger partial charge in [0.05, 0.1) is 0 Å². The van der Waals surface area contributed by atoms with Crippen LogP contribution in [0.2, 0.25) is 0 Å². The first-order chi connectivity index (χ1) is 11.1. The highest BCUT2D eigenvalue weighted by atomic mass is 79.9. The summed E-state index contributed by atoms with van der Waals surface area (Å²) >= 11 is 4.32. The molecule has 0 fully saturated rings. The molecule has 23 heavy (non-hydrogen) atoms. The van der Waals surface area contributed by atoms with Gasteiger partial charge in [-0.3, -0.25) is 4.79 Å². The van der Waals surface area contributed by atoms with Crippen molar-refractivity contribution in [2.45, 2.75) is 11.8 Å². The largest absolute Gasteiger partial charge is 0.460 e. The van der Waals surface area contributed by atoms with Gasteiger partial charge in [0.2, 0.25) is 0 Å². The van der Waals surface area contributed by atoms with E-state index in [-0.39, 0.29) is 12.4 Å². The molecule has 0 aliphatic heterocycles. The maximum Gasteiger partial charge on any atom is 0.316 e. The second-order valence-electron chi connectivity index (χ2n) is 4.63. The minimum Gasteiger partial charge on any atom is -0.460 e. The van der Waals surface area contributed by atoms with Crippen LogP contribution in [-0.4, -0.2) is 16.7 Å². The highest BCUT2D eigenvalue weighted by Crippen LogP contribution is 2.23. The van der Waals surface area contributed by atoms with E-state index in [1.165, 1.54) is 6.07 Å². The zero-order valence-electron chi connectivity index (χ0n) is 11.8. The van der Waals surface area contributed by atoms with E-state index in [0.29, 0.717) is 20.8 Å². The average molecular weight is 396 g/mol. The Morgan fingerprint density at radius 2 is 2.13 bits per heavy atom. The van der Waals surface area contributed by atoms with E-state index in [4.69, 9.17) is 9.15 Å². The molecule has 0 atom stereocenters. The molecule has 0 aliphatic carbocycles. The third-order valence-electron chi connectivity index (χ3n) is 2.99. The summed E-state index contributed by atoms with van der Waals surface area (Å²) in [6.07, 6.45) is 0. The van der Waals surface area contributed by atoms with Crippen molar-refractivity contribution in [3.05, 3.63) is 58.3 Å². The first-order valence-corrected chi connectivity index (χ1v) is 8.47. The Labute approximate surface area is 144 Å². The summed E-state index contributed by atoms with van der Waals surface area (Å²) in [4.78, 5) is 16.0. The highest BCUT2D eigenvalue weighted by molar-refractivity contribution is 9.10. The Morgan fingerprint density at radius 3 is 2.91 bits per heavy atom. The van der Waals surface area contributed by atoms with Crippen molar-refractivity contribution < 1.29 is 18.3 Å². The van der Waals surface area contributed by atoms with E-state index in [1.54, 1.807) is 18.2 Å². The van der Waals surface area contributed by atoms with Crippen LogP contribution < -0.4 is 0 Å². The standard InChI is InChI=1S/C16H11BrFNO3S/c17-11-6-5-10(12(18)7-11)8-21-15(20)9-23-16-19-13-3-1-2-4-14(13)22-16/h1-7H,8-9H2. The molecule has 0 spiro atoms. The number of hydrogen-bond acceptors (Lipinski definition) is 5. The van der Waals surface area contributed by atoms with Crippen molar-refractivity contribution in [2.24, 2.45) is 0 Å². The molecule has 0 N–H and O–H groups in total. The lowest BCUT2D eigenvalue weighted by Crippen LogP contribution is -2.08. The Balaban J connectivity index is 1.53. The fourth-order valence-electron chi connectivity index (χ4n) is 1.87. The Kier molecular flexibility index (Phi) is 4.97. The number of fused-ring (bicyclic) bond motifs is 1. The summed E-state index contributed by atoms with van der Waals surface area (Å²) in [6, 6.07) is 11.9. The van der Waals surface area contributed by atoms with Crippen molar-refractivity contribution in [3.63, 3.8) is 0 Å². The Hall–Kier alpha value is -1.86. The fourth-order valence-corrected chi connectivity index (χ4v) is 2.84. The molecule has 0 aliphatic rings. The molecule has 0 saturated carbocycles. The van der Waals surface area contributed by atoms with Gasteiger partial charge in [-0.2, -0.15) is 0 Å². The molecule has 4 nitrogen and oxygen atoms in total. The molecule has 0 bridgehead atoms. The van der Waals surface area contributed by atoms with Crippen LogP contribution in [0.3, 0.4) is 0 Å². The molecule has 2 aromatic carbocycles. The van der Waals surface area contributed by atoms with E-state index in [0.717, 1.165) is 17.3 Å². The van der Waals surface area contributed by atoms with Crippen LogP contribution in [-0.2, 0) is 16.1 Å². The smallest absolute Gasteiger partial charge is 0.316 e. The summed E-state index contributed by atoms with van der Waals surface area (Å²) in [5.41, 5.74) is 1.73. The normalized spacial score (nSPS) is 10.9. The number of oxazole rings is 1. The van der Waals surface area contributed by atoms with Crippen LogP contribution in [0.4, 0.5) is 4.39 Å². The first-order valence-electron chi connectivity index (χ1n) is 6.70. The minimum absolute atomic E-state index is 0.0466. The van der Waals surface area contributed by atoms with Crippen molar-refractivity contribution in [3.8, 4) is 0 Å². The number of para-hydroxylation sites is 2. The highest BCUT2D eigenvalue weighted by Gasteiger charge is 2.11. The lowest BCUT2D eigenvalue weighted by atomic mass is 10.2. The van der Waals surface area contributed by atoms with E-state index in [2.05, 4.69) is 20.9 Å². The summed E-state index contributed by atoms with van der Waals surface area (Å²) in [7, 11) is 0. The quantitative estimate of drug-likeness (QED) is 0.467. The van der Waals surface area contributed by atoms with Crippen molar-refractivity contribution >= 4 is 44.8 Å². The number of carbonyl (C=O) groups is 1. The van der Waals surface area contributed by atoms with Gasteiger partial charge in [0.15, 0.2) is 5.58 Å². The summed E-state index contributed by atoms with van der Waals surface area (Å²) in [5.74, 6) is -0.830. The predicted octanol–water partition coefficient (Wildman–Crippen LogP) is 4.56. The number of ether oxygens (including phenoxy) is 1. The Bertz CT molecular complexity index is 819. The van der Waals surface area contributed by atoms with Crippen LogP contribution in [0.1, 0.15) is 5.56 Å². The number of esters is 1. The number of nitrogens with zero attached hydrogens (tertiary/aromatic N) is 1. The van der Waals surface area contributed by atoms with E-state index in [9.17, 15) is 9.18 Å². The molecule has 0 unspecified atom stereocenters. The number of carbonyl (C=O) groups excluding carboxylic acids is 1. The molecule has 118 valence electrons. The monoisotopic (exact) mass is 395 g/mol. The molecule has 0 amide bonds. The van der Waals surface area contributed by atoms with Gasteiger partial charge in [0.1, 0.15) is 23.7 Å². The van der Waals surface area contributed by atoms with Gasteiger partial charge in [-0.1, -0.05) is 45.9 Å². The summed E-state index contributed by atoms with van der Waals surface area (Å²) < 4.78 is 24.8. The van der Waals surface area contributed by atoms with E-state index < -0.39 is 11.8 Å². The van der Waals surface area contributed by atoms with Crippen LogP contribution in [0.5, 0.6) is 0 Å². The molecular formula is C16H11BrFNO3S. The maximum atomic E-state index is 13.6. The molecule has 0 radical (unpaired) electrons. The molecule has 7 heteroatoms. The van der Waals surface area contributed by atoms with Crippen LogP contribution in [0.15, 0.2) is 56.6 Å². The molecular weight excluding hydrogens is 385 g/mol. The van der Waals surface area contributed by atoms with Crippen LogP contribution in [0, 0.1) is 5.82 Å². The Morgan fingerprint density at radius 1 is 1.30 bits per heavy atom. The van der Waals surface area contributed by atoms with Crippen LogP contribution in [0.25, 0.3) is 11.1 Å². The number of benzene rings is 2. The van der Waals surface area contributed by atoms with Gasteiger partial charge in [0.25, 0.3) is 5.22 Å². The number of halogens is 2. The zero-order valence-corrected chi connectivity index (χ0v) is 14.2. The van der Waals surface area contributed by atoms with Crippen molar-refractivity contribution in [1.29, 1.82) is 0 Å². The number of aromatic nitrogens is 1. The number of hydrogen-bond donors (Lipinski definition) is 0. The first kappa shape index (κ1) is 16.0. The zero-order chi connectivity index (χ0) is 16.2. The molecule has 1 heterocycles. The van der Waals surface area contributed by atoms with E-state index in [1.807, 2.05) is 18.2 Å². The van der Waals surface area contributed by atoms with Crippen LogP contribution >= 0.6 is 27.7 Å². The fraction of sp³-hybridized carbons (Fsp3) is 0.125. The number of thioether (sulfide) groups is 1. The van der Waals surface area contributed by atoms with Gasteiger partial charge in [-0.15, -0.1) is 0 Å². The van der Waals surface area contributed by atoms with Crippen molar-refractivity contribution in [2.75, 3.05) is 5.75 Å². The van der Waals surface area contributed by atoms with Gasteiger partial charge in [-0.25, -0.2) is 9.37 Å². The molecule has 0 saturated heterocycles. The summed E-state index contributed by atoms with van der Waals surface area (Å²) in [6.45, 7) is -0.105. The molecule has 1 aromatic heterocycles. The lowest BCUT2D eigenvalue weighted by Gasteiger charge is -2.05. The molecule has 3 rings (SSSR count).